The van der Waals surface area contributed by atoms with Crippen molar-refractivity contribution in [1.82, 2.24) is 4.57 Å². The molecule has 1 aliphatic carbocycles. The molecule has 2 aliphatic rings. The van der Waals surface area contributed by atoms with E-state index in [1.807, 2.05) is 6.08 Å². The molecule has 2 heteroatoms. The van der Waals surface area contributed by atoms with Gasteiger partial charge in [-0.05, 0) is 49.6 Å². The lowest BCUT2D eigenvalue weighted by molar-refractivity contribution is 0.642. The van der Waals surface area contributed by atoms with Crippen molar-refractivity contribution in [3.05, 3.63) is 53.1 Å². The quantitative estimate of drug-likeness (QED) is 0.680. The maximum absolute atomic E-state index is 12.9. The minimum Gasteiger partial charge on any atom is -0.347 e. The van der Waals surface area contributed by atoms with Crippen molar-refractivity contribution in [2.45, 2.75) is 32.2 Å². The fraction of sp³-hybridized carbons (Fsp3) is 0.333. The first-order chi connectivity index (χ1) is 8.22. The van der Waals surface area contributed by atoms with Gasteiger partial charge in [0.2, 0.25) is 0 Å². The van der Waals surface area contributed by atoms with Gasteiger partial charge in [0.1, 0.15) is 5.83 Å². The first-order valence-corrected chi connectivity index (χ1v) is 6.13. The third-order valence-electron chi connectivity index (χ3n) is 3.58. The van der Waals surface area contributed by atoms with Crippen LogP contribution in [0.2, 0.25) is 0 Å². The van der Waals surface area contributed by atoms with Gasteiger partial charge in [0.25, 0.3) is 0 Å². The van der Waals surface area contributed by atoms with Crippen molar-refractivity contribution >= 4 is 6.08 Å². The Labute approximate surface area is 101 Å². The number of fused-ring (bicyclic) bond motifs is 1. The molecule has 0 saturated heterocycles. The summed E-state index contributed by atoms with van der Waals surface area (Å²) in [6.07, 6.45) is 11.6. The van der Waals surface area contributed by atoms with Crippen molar-refractivity contribution in [2.24, 2.45) is 0 Å². The van der Waals surface area contributed by atoms with Gasteiger partial charge in [0.15, 0.2) is 0 Å². The van der Waals surface area contributed by atoms with E-state index in [4.69, 9.17) is 0 Å². The highest BCUT2D eigenvalue weighted by atomic mass is 19.1. The summed E-state index contributed by atoms with van der Waals surface area (Å²) in [6, 6.07) is 2.23. The molecule has 1 nitrogen and oxygen atoms in total. The van der Waals surface area contributed by atoms with Gasteiger partial charge in [-0.15, -0.1) is 0 Å². The van der Waals surface area contributed by atoms with Gasteiger partial charge in [0.05, 0.1) is 0 Å². The molecule has 1 atom stereocenters. The van der Waals surface area contributed by atoms with Crippen LogP contribution in [0.3, 0.4) is 0 Å². The predicted octanol–water partition coefficient (Wildman–Crippen LogP) is 4.19. The largest absolute Gasteiger partial charge is 0.347 e. The van der Waals surface area contributed by atoms with Crippen molar-refractivity contribution in [2.75, 3.05) is 0 Å². The number of hydrogen-bond donors (Lipinski definition) is 0. The number of allylic oxidation sites excluding steroid dienone is 5. The molecule has 88 valence electrons. The molecule has 0 radical (unpaired) electrons. The molecule has 0 bridgehead atoms. The van der Waals surface area contributed by atoms with Crippen LogP contribution in [0.25, 0.3) is 6.08 Å². The number of rotatable bonds is 1. The van der Waals surface area contributed by atoms with Crippen LogP contribution >= 0.6 is 0 Å². The minimum atomic E-state index is -0.110. The highest BCUT2D eigenvalue weighted by Gasteiger charge is 2.16. The molecular weight excluding hydrogens is 213 g/mol. The molecule has 2 heterocycles. The molecule has 1 aromatic heterocycles. The molecular formula is C15H16FN. The first-order valence-electron chi connectivity index (χ1n) is 6.13. The monoisotopic (exact) mass is 229 g/mol. The fourth-order valence-electron chi connectivity index (χ4n) is 2.53. The fourth-order valence-corrected chi connectivity index (χ4v) is 2.53. The van der Waals surface area contributed by atoms with Crippen LogP contribution in [0.4, 0.5) is 4.39 Å². The zero-order valence-electron chi connectivity index (χ0n) is 9.99. The second-order valence-corrected chi connectivity index (χ2v) is 4.92. The zero-order chi connectivity index (χ0) is 11.8. The maximum Gasteiger partial charge on any atom is 0.118 e. The lowest BCUT2D eigenvalue weighted by atomic mass is 9.94. The standard InChI is InChI=1S/C15H16FN/c1-11-6-7-17-10-13(9-15(17)8-11)12-2-4-14(16)5-3-12/h2,4-5,8-10,12H,3,6-7H2,1H3. The average Bonchev–Trinajstić information content (AvgIpc) is 2.72. The highest BCUT2D eigenvalue weighted by Crippen LogP contribution is 2.30. The summed E-state index contributed by atoms with van der Waals surface area (Å²) in [7, 11) is 0. The van der Waals surface area contributed by atoms with Crippen LogP contribution in [0, 0.1) is 0 Å². The summed E-state index contributed by atoms with van der Waals surface area (Å²) >= 11 is 0. The van der Waals surface area contributed by atoms with Gasteiger partial charge in [-0.25, -0.2) is 4.39 Å². The SMILES string of the molecule is CC1=Cc2cc(C3C=CC(F)=CC3)cn2CC1. The van der Waals surface area contributed by atoms with Crippen molar-refractivity contribution in [1.29, 1.82) is 0 Å². The van der Waals surface area contributed by atoms with E-state index in [9.17, 15) is 4.39 Å². The van der Waals surface area contributed by atoms with Gasteiger partial charge in [-0.1, -0.05) is 11.6 Å². The van der Waals surface area contributed by atoms with Crippen LogP contribution in [0.5, 0.6) is 0 Å². The lowest BCUT2D eigenvalue weighted by Gasteiger charge is -2.13. The van der Waals surface area contributed by atoms with Gasteiger partial charge in [0, 0.05) is 24.4 Å². The van der Waals surface area contributed by atoms with E-state index in [1.165, 1.54) is 16.8 Å². The Kier molecular flexibility index (Phi) is 2.50. The van der Waals surface area contributed by atoms with Gasteiger partial charge in [-0.3, -0.25) is 0 Å². The Bertz CT molecular complexity index is 531. The number of aryl methyl sites for hydroxylation is 1. The lowest BCUT2D eigenvalue weighted by Crippen LogP contribution is -2.03. The Morgan fingerprint density at radius 2 is 2.29 bits per heavy atom. The molecule has 17 heavy (non-hydrogen) atoms. The Morgan fingerprint density at radius 3 is 3.06 bits per heavy atom. The maximum atomic E-state index is 12.9. The smallest absolute Gasteiger partial charge is 0.118 e. The van der Waals surface area contributed by atoms with E-state index in [0.717, 1.165) is 19.4 Å². The van der Waals surface area contributed by atoms with Crippen molar-refractivity contribution < 1.29 is 4.39 Å². The Balaban J connectivity index is 1.89. The molecule has 1 aromatic rings. The average molecular weight is 229 g/mol. The summed E-state index contributed by atoms with van der Waals surface area (Å²) in [5.74, 6) is 0.224. The summed E-state index contributed by atoms with van der Waals surface area (Å²) in [5.41, 5.74) is 4.02. The number of nitrogens with zero attached hydrogens (tertiary/aromatic N) is 1. The van der Waals surface area contributed by atoms with Gasteiger partial charge >= 0.3 is 0 Å². The predicted molar refractivity (Wildman–Crippen MR) is 68.4 cm³/mol. The number of halogens is 1. The van der Waals surface area contributed by atoms with Gasteiger partial charge < -0.3 is 4.57 Å². The summed E-state index contributed by atoms with van der Waals surface area (Å²) in [6.45, 7) is 3.24. The molecule has 0 spiro atoms. The second-order valence-electron chi connectivity index (χ2n) is 4.92. The van der Waals surface area contributed by atoms with Crippen LogP contribution in [-0.4, -0.2) is 4.57 Å². The zero-order valence-corrected chi connectivity index (χ0v) is 9.99. The van der Waals surface area contributed by atoms with Crippen LogP contribution < -0.4 is 0 Å². The summed E-state index contributed by atoms with van der Waals surface area (Å²) in [4.78, 5) is 0. The normalized spacial score (nSPS) is 23.1. The summed E-state index contributed by atoms with van der Waals surface area (Å²) < 4.78 is 15.2. The molecule has 3 rings (SSSR count). The Hall–Kier alpha value is -1.57. The van der Waals surface area contributed by atoms with E-state index in [2.05, 4.69) is 29.8 Å². The Morgan fingerprint density at radius 1 is 1.41 bits per heavy atom. The van der Waals surface area contributed by atoms with E-state index >= 15 is 0 Å². The number of aromatic nitrogens is 1. The van der Waals surface area contributed by atoms with E-state index in [0.29, 0.717) is 5.92 Å². The van der Waals surface area contributed by atoms with Crippen molar-refractivity contribution in [3.8, 4) is 0 Å². The number of hydrogen-bond acceptors (Lipinski definition) is 0. The highest BCUT2D eigenvalue weighted by molar-refractivity contribution is 5.53. The van der Waals surface area contributed by atoms with Gasteiger partial charge in [-0.2, -0.15) is 0 Å². The molecule has 0 fully saturated rings. The first kappa shape index (κ1) is 10.6. The molecule has 0 aromatic carbocycles. The molecule has 0 amide bonds. The van der Waals surface area contributed by atoms with E-state index in [-0.39, 0.29) is 5.83 Å². The third-order valence-corrected chi connectivity index (χ3v) is 3.58. The molecule has 1 aliphatic heterocycles. The minimum absolute atomic E-state index is 0.110. The van der Waals surface area contributed by atoms with E-state index < -0.39 is 0 Å². The van der Waals surface area contributed by atoms with E-state index in [1.54, 1.807) is 12.2 Å². The summed E-state index contributed by atoms with van der Waals surface area (Å²) in [5, 5.41) is 0. The topological polar surface area (TPSA) is 4.93 Å². The van der Waals surface area contributed by atoms with Crippen LogP contribution in [0.15, 0.2) is 41.9 Å². The third kappa shape index (κ3) is 1.99. The second kappa shape index (κ2) is 4.02. The van der Waals surface area contributed by atoms with Crippen LogP contribution in [-0.2, 0) is 6.54 Å². The molecule has 0 N–H and O–H groups in total. The molecule has 1 unspecified atom stereocenters. The van der Waals surface area contributed by atoms with Crippen molar-refractivity contribution in [3.63, 3.8) is 0 Å². The van der Waals surface area contributed by atoms with Crippen LogP contribution in [0.1, 0.15) is 36.9 Å². The molecule has 0 saturated carbocycles.